The topological polar surface area (TPSA) is 76.4 Å². The number of nitrogens with one attached hydrogen (secondary N) is 1. The first kappa shape index (κ1) is 10.6. The maximum Gasteiger partial charge on any atom is 0.317 e. The highest BCUT2D eigenvalue weighted by Gasteiger charge is 2.46. The molecule has 92 valence electrons. The number of carboxylic acid groups (broad SMARTS) is 1. The van der Waals surface area contributed by atoms with Crippen molar-refractivity contribution in [1.82, 2.24) is 14.9 Å². The zero-order valence-corrected chi connectivity index (χ0v) is 9.48. The Labute approximate surface area is 98.6 Å². The second-order valence-electron chi connectivity index (χ2n) is 4.56. The van der Waals surface area contributed by atoms with Gasteiger partial charge in [0.1, 0.15) is 17.8 Å². The molecule has 6 nitrogen and oxygen atoms in total. The normalized spacial score (nSPS) is 21.9. The summed E-state index contributed by atoms with van der Waals surface area (Å²) < 4.78 is 7.29. The molecule has 1 aromatic rings. The molecule has 6 heteroatoms. The van der Waals surface area contributed by atoms with E-state index in [1.54, 1.807) is 6.20 Å². The van der Waals surface area contributed by atoms with Crippen LogP contribution in [0, 0.1) is 0 Å². The maximum atomic E-state index is 11.7. The highest BCUT2D eigenvalue weighted by atomic mass is 16.5. The molecule has 0 aliphatic carbocycles. The van der Waals surface area contributed by atoms with Crippen LogP contribution in [-0.4, -0.2) is 40.3 Å². The number of nitrogens with zero attached hydrogens (tertiary/aromatic N) is 2. The number of rotatable bonds is 2. The highest BCUT2D eigenvalue weighted by molar-refractivity contribution is 5.80. The summed E-state index contributed by atoms with van der Waals surface area (Å²) in [6.45, 7) is 2.75. The zero-order valence-electron chi connectivity index (χ0n) is 9.48. The lowest BCUT2D eigenvalue weighted by Crippen LogP contribution is -2.47. The summed E-state index contributed by atoms with van der Waals surface area (Å²) in [5, 5.41) is 12.8. The SMILES string of the molecule is O=C(O)C1(c2ncc3n2CCO3)CCNCC1. The van der Waals surface area contributed by atoms with E-state index < -0.39 is 11.4 Å². The quantitative estimate of drug-likeness (QED) is 0.756. The predicted molar refractivity (Wildman–Crippen MR) is 59.1 cm³/mol. The molecule has 0 amide bonds. The molecule has 0 spiro atoms. The van der Waals surface area contributed by atoms with Crippen LogP contribution >= 0.6 is 0 Å². The molecular weight excluding hydrogens is 222 g/mol. The minimum absolute atomic E-state index is 0.582. The molecule has 1 fully saturated rings. The Hall–Kier alpha value is -1.56. The van der Waals surface area contributed by atoms with E-state index >= 15 is 0 Å². The van der Waals surface area contributed by atoms with Crippen molar-refractivity contribution in [1.29, 1.82) is 0 Å². The number of hydrogen-bond acceptors (Lipinski definition) is 4. The van der Waals surface area contributed by atoms with Crippen LogP contribution in [0.15, 0.2) is 6.20 Å². The minimum atomic E-state index is -0.850. The van der Waals surface area contributed by atoms with Gasteiger partial charge in [0.25, 0.3) is 0 Å². The lowest BCUT2D eigenvalue weighted by Gasteiger charge is -2.32. The molecule has 0 unspecified atom stereocenters. The first-order chi connectivity index (χ1) is 8.24. The number of aromatic nitrogens is 2. The van der Waals surface area contributed by atoms with Gasteiger partial charge >= 0.3 is 5.97 Å². The van der Waals surface area contributed by atoms with E-state index in [0.29, 0.717) is 37.7 Å². The van der Waals surface area contributed by atoms with Crippen molar-refractivity contribution < 1.29 is 14.6 Å². The molecule has 1 saturated heterocycles. The molecule has 2 aliphatic rings. The van der Waals surface area contributed by atoms with Gasteiger partial charge in [-0.3, -0.25) is 9.36 Å². The van der Waals surface area contributed by atoms with Gasteiger partial charge in [-0.05, 0) is 25.9 Å². The molecular formula is C11H15N3O3. The second kappa shape index (κ2) is 3.73. The fourth-order valence-corrected chi connectivity index (χ4v) is 2.70. The lowest BCUT2D eigenvalue weighted by molar-refractivity contribution is -0.145. The third-order valence-electron chi connectivity index (χ3n) is 3.68. The van der Waals surface area contributed by atoms with E-state index in [9.17, 15) is 9.90 Å². The number of carbonyl (C=O) groups is 1. The minimum Gasteiger partial charge on any atom is -0.480 e. The van der Waals surface area contributed by atoms with Crippen LogP contribution in [0.25, 0.3) is 0 Å². The van der Waals surface area contributed by atoms with Crippen LogP contribution in [0.4, 0.5) is 0 Å². The monoisotopic (exact) mass is 237 g/mol. The van der Waals surface area contributed by atoms with Gasteiger partial charge in [-0.2, -0.15) is 0 Å². The van der Waals surface area contributed by atoms with Gasteiger partial charge in [0.05, 0.1) is 12.7 Å². The highest BCUT2D eigenvalue weighted by Crippen LogP contribution is 2.36. The van der Waals surface area contributed by atoms with E-state index in [1.807, 2.05) is 4.57 Å². The Morgan fingerprint density at radius 3 is 3.00 bits per heavy atom. The van der Waals surface area contributed by atoms with Crippen molar-refractivity contribution in [3.8, 4) is 5.88 Å². The van der Waals surface area contributed by atoms with Crippen molar-refractivity contribution in [2.75, 3.05) is 19.7 Å². The van der Waals surface area contributed by atoms with E-state index in [0.717, 1.165) is 13.1 Å². The van der Waals surface area contributed by atoms with E-state index in [-0.39, 0.29) is 0 Å². The fraction of sp³-hybridized carbons (Fsp3) is 0.636. The molecule has 0 atom stereocenters. The first-order valence-electron chi connectivity index (χ1n) is 5.87. The summed E-state index contributed by atoms with van der Waals surface area (Å²) in [5.74, 6) is 0.567. The number of carboxylic acids is 1. The van der Waals surface area contributed by atoms with Crippen LogP contribution in [-0.2, 0) is 16.8 Å². The molecule has 0 bridgehead atoms. The van der Waals surface area contributed by atoms with Crippen LogP contribution < -0.4 is 10.1 Å². The second-order valence-corrected chi connectivity index (χ2v) is 4.56. The van der Waals surface area contributed by atoms with Crippen LogP contribution in [0.3, 0.4) is 0 Å². The Morgan fingerprint density at radius 1 is 1.53 bits per heavy atom. The van der Waals surface area contributed by atoms with Crippen molar-refractivity contribution >= 4 is 5.97 Å². The van der Waals surface area contributed by atoms with Crippen LogP contribution in [0.1, 0.15) is 18.7 Å². The molecule has 0 saturated carbocycles. The third kappa shape index (κ3) is 1.44. The Kier molecular flexibility index (Phi) is 2.32. The molecule has 0 radical (unpaired) electrons. The largest absolute Gasteiger partial charge is 0.480 e. The van der Waals surface area contributed by atoms with E-state index in [2.05, 4.69) is 10.3 Å². The van der Waals surface area contributed by atoms with Gasteiger partial charge in [0.15, 0.2) is 0 Å². The summed E-state index contributed by atoms with van der Waals surface area (Å²) in [7, 11) is 0. The fourth-order valence-electron chi connectivity index (χ4n) is 2.70. The number of imidazole rings is 1. The number of fused-ring (bicyclic) bond motifs is 1. The van der Waals surface area contributed by atoms with Gasteiger partial charge in [-0.25, -0.2) is 4.98 Å². The summed E-state index contributed by atoms with van der Waals surface area (Å²) in [6.07, 6.45) is 2.80. The Bertz CT molecular complexity index is 449. The Balaban J connectivity index is 2.06. The number of piperidine rings is 1. The average Bonchev–Trinajstić information content (AvgIpc) is 2.91. The standard InChI is InChI=1S/C11H15N3O3/c15-10(16)11(1-3-12-4-2-11)9-13-7-8-14(9)5-6-17-8/h7,12H,1-6H2,(H,15,16). The van der Waals surface area contributed by atoms with Crippen molar-refractivity contribution in [2.45, 2.75) is 24.8 Å². The molecule has 3 rings (SSSR count). The van der Waals surface area contributed by atoms with Crippen molar-refractivity contribution in [3.05, 3.63) is 12.0 Å². The molecule has 17 heavy (non-hydrogen) atoms. The van der Waals surface area contributed by atoms with Gasteiger partial charge in [0, 0.05) is 0 Å². The molecule has 2 aliphatic heterocycles. The van der Waals surface area contributed by atoms with Gasteiger partial charge in [-0.1, -0.05) is 0 Å². The zero-order chi connectivity index (χ0) is 11.9. The molecule has 3 heterocycles. The summed E-state index contributed by atoms with van der Waals surface area (Å²) in [6, 6.07) is 0. The lowest BCUT2D eigenvalue weighted by atomic mass is 9.78. The first-order valence-corrected chi connectivity index (χ1v) is 5.87. The Morgan fingerprint density at radius 2 is 2.29 bits per heavy atom. The average molecular weight is 237 g/mol. The number of aliphatic carboxylic acids is 1. The van der Waals surface area contributed by atoms with Crippen LogP contribution in [0.5, 0.6) is 5.88 Å². The van der Waals surface area contributed by atoms with E-state index in [1.165, 1.54) is 0 Å². The van der Waals surface area contributed by atoms with E-state index in [4.69, 9.17) is 4.74 Å². The number of hydrogen-bond donors (Lipinski definition) is 2. The van der Waals surface area contributed by atoms with Crippen LogP contribution in [0.2, 0.25) is 0 Å². The van der Waals surface area contributed by atoms with Gasteiger partial charge in [-0.15, -0.1) is 0 Å². The number of ether oxygens (including phenoxy) is 1. The molecule has 0 aromatic carbocycles. The summed E-state index contributed by atoms with van der Waals surface area (Å²) in [4.78, 5) is 15.9. The maximum absolute atomic E-state index is 11.7. The smallest absolute Gasteiger partial charge is 0.317 e. The van der Waals surface area contributed by atoms with Crippen molar-refractivity contribution in [3.63, 3.8) is 0 Å². The summed E-state index contributed by atoms with van der Waals surface area (Å²) in [5.41, 5.74) is -0.850. The molecule has 1 aromatic heterocycles. The van der Waals surface area contributed by atoms with Crippen molar-refractivity contribution in [2.24, 2.45) is 0 Å². The van der Waals surface area contributed by atoms with Gasteiger partial charge in [0.2, 0.25) is 5.88 Å². The molecule has 2 N–H and O–H groups in total. The predicted octanol–water partition coefficient (Wildman–Crippen LogP) is -0.0187. The summed E-state index contributed by atoms with van der Waals surface area (Å²) >= 11 is 0. The van der Waals surface area contributed by atoms with Gasteiger partial charge < -0.3 is 15.2 Å². The third-order valence-corrected chi connectivity index (χ3v) is 3.68.